The smallest absolute Gasteiger partial charge is 0.271 e. The van der Waals surface area contributed by atoms with Gasteiger partial charge in [-0.3, -0.25) is 14.5 Å². The fourth-order valence-corrected chi connectivity index (χ4v) is 4.37. The predicted octanol–water partition coefficient (Wildman–Crippen LogP) is 6.21. The fraction of sp³-hybridized carbons (Fsp3) is 0.312. The van der Waals surface area contributed by atoms with Crippen LogP contribution in [-0.2, 0) is 9.59 Å². The zero-order valence-corrected chi connectivity index (χ0v) is 23.1. The van der Waals surface area contributed by atoms with Gasteiger partial charge in [-0.15, -0.1) is 0 Å². The Morgan fingerprint density at radius 1 is 0.974 bits per heavy atom. The Kier molecular flexibility index (Phi) is 8.46. The Labute approximate surface area is 230 Å². The summed E-state index contributed by atoms with van der Waals surface area (Å²) >= 11 is 0. The molecule has 0 N–H and O–H groups in total. The van der Waals surface area contributed by atoms with E-state index >= 15 is 0 Å². The van der Waals surface area contributed by atoms with E-state index in [2.05, 4.69) is 13.8 Å². The van der Waals surface area contributed by atoms with Gasteiger partial charge < -0.3 is 4.74 Å². The maximum atomic E-state index is 13.5. The second-order valence-corrected chi connectivity index (χ2v) is 10.6. The monoisotopic (exact) mass is 522 g/mol. The maximum absolute atomic E-state index is 13.5. The lowest BCUT2D eigenvalue weighted by atomic mass is 9.92. The standard InChI is InChI=1S/C32H34N4O3/c1-21(2)15-16-39-27-13-11-24(12-14-27)30-25(20-36(34-30)26-9-7-6-8-10-26)17-28-23(5)29(18-33)32(38)35(31(28)37)19-22(3)4/h6-14,17,20-22H,15-16,19H2,1-5H3/b28-17+. The van der Waals surface area contributed by atoms with Crippen LogP contribution in [-0.4, -0.2) is 39.6 Å². The zero-order chi connectivity index (χ0) is 28.1. The summed E-state index contributed by atoms with van der Waals surface area (Å²) in [7, 11) is 0. The van der Waals surface area contributed by atoms with Crippen molar-refractivity contribution in [3.8, 4) is 28.8 Å². The maximum Gasteiger partial charge on any atom is 0.271 e. The van der Waals surface area contributed by atoms with Crippen LogP contribution in [0.5, 0.6) is 5.75 Å². The summed E-state index contributed by atoms with van der Waals surface area (Å²) in [5.74, 6) is 0.464. The minimum Gasteiger partial charge on any atom is -0.494 e. The molecule has 4 rings (SSSR count). The molecule has 0 bridgehead atoms. The van der Waals surface area contributed by atoms with Crippen LogP contribution in [0, 0.1) is 23.2 Å². The third-order valence-corrected chi connectivity index (χ3v) is 6.53. The number of hydrogen-bond donors (Lipinski definition) is 0. The Balaban J connectivity index is 1.80. The number of carbonyl (C=O) groups is 2. The van der Waals surface area contributed by atoms with Crippen LogP contribution in [0.1, 0.15) is 46.6 Å². The summed E-state index contributed by atoms with van der Waals surface area (Å²) < 4.78 is 7.65. The average Bonchev–Trinajstić information content (AvgIpc) is 3.34. The van der Waals surface area contributed by atoms with Gasteiger partial charge in [0.25, 0.3) is 11.8 Å². The van der Waals surface area contributed by atoms with Gasteiger partial charge in [-0.05, 0) is 73.2 Å². The summed E-state index contributed by atoms with van der Waals surface area (Å²) in [6.07, 6.45) is 4.58. The molecular weight excluding hydrogens is 488 g/mol. The second-order valence-electron chi connectivity index (χ2n) is 10.6. The highest BCUT2D eigenvalue weighted by Crippen LogP contribution is 2.32. The number of carbonyl (C=O) groups excluding carboxylic acids is 2. The number of hydrogen-bond acceptors (Lipinski definition) is 5. The molecule has 2 heterocycles. The highest BCUT2D eigenvalue weighted by atomic mass is 16.5. The first-order valence-corrected chi connectivity index (χ1v) is 13.3. The summed E-state index contributed by atoms with van der Waals surface area (Å²) in [6.45, 7) is 10.7. The van der Waals surface area contributed by atoms with Crippen molar-refractivity contribution in [1.29, 1.82) is 5.26 Å². The van der Waals surface area contributed by atoms with Crippen LogP contribution >= 0.6 is 0 Å². The highest BCUT2D eigenvalue weighted by Gasteiger charge is 2.36. The molecular formula is C32H34N4O3. The van der Waals surface area contributed by atoms with Crippen LogP contribution in [0.3, 0.4) is 0 Å². The van der Waals surface area contributed by atoms with E-state index in [1.54, 1.807) is 17.7 Å². The first-order valence-electron chi connectivity index (χ1n) is 13.3. The quantitative estimate of drug-likeness (QED) is 0.246. The van der Waals surface area contributed by atoms with Crippen LogP contribution < -0.4 is 4.74 Å². The molecule has 0 saturated heterocycles. The van der Waals surface area contributed by atoms with Gasteiger partial charge >= 0.3 is 0 Å². The number of nitrogens with zero attached hydrogens (tertiary/aromatic N) is 4. The second kappa shape index (κ2) is 12.0. The van der Waals surface area contributed by atoms with Gasteiger partial charge in [-0.1, -0.05) is 45.9 Å². The number of rotatable bonds is 9. The van der Waals surface area contributed by atoms with E-state index in [4.69, 9.17) is 9.84 Å². The molecule has 0 saturated carbocycles. The van der Waals surface area contributed by atoms with E-state index in [1.807, 2.05) is 80.7 Å². The minimum atomic E-state index is -0.542. The number of imide groups is 1. The van der Waals surface area contributed by atoms with E-state index in [-0.39, 0.29) is 18.0 Å². The van der Waals surface area contributed by atoms with Crippen molar-refractivity contribution in [1.82, 2.24) is 14.7 Å². The molecule has 0 aliphatic carbocycles. The van der Waals surface area contributed by atoms with Gasteiger partial charge in [-0.25, -0.2) is 4.68 Å². The normalized spacial score (nSPS) is 15.0. The lowest BCUT2D eigenvalue weighted by molar-refractivity contribution is -0.141. The Morgan fingerprint density at radius 3 is 2.28 bits per heavy atom. The number of aromatic nitrogens is 2. The first kappa shape index (κ1) is 27.6. The largest absolute Gasteiger partial charge is 0.494 e. The molecule has 2 amide bonds. The van der Waals surface area contributed by atoms with Gasteiger partial charge in [0.05, 0.1) is 18.0 Å². The van der Waals surface area contributed by atoms with Crippen molar-refractivity contribution >= 4 is 17.9 Å². The van der Waals surface area contributed by atoms with Crippen molar-refractivity contribution in [2.24, 2.45) is 11.8 Å². The van der Waals surface area contributed by atoms with Gasteiger partial charge in [0.1, 0.15) is 17.4 Å². The number of amides is 2. The van der Waals surface area contributed by atoms with Crippen LogP contribution in [0.15, 0.2) is 77.5 Å². The molecule has 200 valence electrons. The Hall–Kier alpha value is -4.44. The molecule has 7 heteroatoms. The zero-order valence-electron chi connectivity index (χ0n) is 23.1. The molecule has 0 fully saturated rings. The Morgan fingerprint density at radius 2 is 1.67 bits per heavy atom. The predicted molar refractivity (Wildman–Crippen MR) is 152 cm³/mol. The molecule has 1 aromatic heterocycles. The van der Waals surface area contributed by atoms with Gasteiger partial charge in [0, 0.05) is 29.4 Å². The summed E-state index contributed by atoms with van der Waals surface area (Å²) in [5.41, 5.74) is 3.77. The van der Waals surface area contributed by atoms with Crippen LogP contribution in [0.2, 0.25) is 0 Å². The number of nitriles is 1. The Bertz CT molecular complexity index is 1460. The number of benzene rings is 2. The van der Waals surface area contributed by atoms with Crippen LogP contribution in [0.4, 0.5) is 0 Å². The van der Waals surface area contributed by atoms with E-state index in [1.165, 1.54) is 4.90 Å². The molecule has 1 aliphatic heterocycles. The molecule has 0 atom stereocenters. The van der Waals surface area contributed by atoms with E-state index in [0.717, 1.165) is 23.4 Å². The summed E-state index contributed by atoms with van der Waals surface area (Å²) in [5, 5.41) is 14.6. The first-order chi connectivity index (χ1) is 18.7. The number of para-hydroxylation sites is 1. The topological polar surface area (TPSA) is 88.2 Å². The summed E-state index contributed by atoms with van der Waals surface area (Å²) in [4.78, 5) is 27.6. The average molecular weight is 523 g/mol. The fourth-order valence-electron chi connectivity index (χ4n) is 4.37. The molecule has 2 aromatic carbocycles. The lowest BCUT2D eigenvalue weighted by Gasteiger charge is -2.28. The van der Waals surface area contributed by atoms with Gasteiger partial charge in [0.2, 0.25) is 0 Å². The van der Waals surface area contributed by atoms with Crippen molar-refractivity contribution in [3.63, 3.8) is 0 Å². The minimum absolute atomic E-state index is 0.0126. The molecule has 39 heavy (non-hydrogen) atoms. The molecule has 7 nitrogen and oxygen atoms in total. The van der Waals surface area contributed by atoms with Crippen molar-refractivity contribution in [3.05, 3.63) is 83.1 Å². The SMILES string of the molecule is CC1=C(C#N)C(=O)N(CC(C)C)C(=O)/C1=C/c1cn(-c2ccccc2)nc1-c1ccc(OCCC(C)C)cc1. The van der Waals surface area contributed by atoms with E-state index < -0.39 is 11.8 Å². The molecule has 0 spiro atoms. The van der Waals surface area contributed by atoms with Crippen LogP contribution in [0.25, 0.3) is 23.0 Å². The van der Waals surface area contributed by atoms with Crippen molar-refractivity contribution in [2.45, 2.75) is 41.0 Å². The lowest BCUT2D eigenvalue weighted by Crippen LogP contribution is -2.44. The van der Waals surface area contributed by atoms with Crippen molar-refractivity contribution in [2.75, 3.05) is 13.2 Å². The molecule has 0 radical (unpaired) electrons. The van der Waals surface area contributed by atoms with E-state index in [9.17, 15) is 14.9 Å². The highest BCUT2D eigenvalue weighted by molar-refractivity contribution is 6.19. The van der Waals surface area contributed by atoms with Crippen molar-refractivity contribution < 1.29 is 14.3 Å². The molecule has 1 aliphatic rings. The molecule has 3 aromatic rings. The van der Waals surface area contributed by atoms with Gasteiger partial charge in [0.15, 0.2) is 0 Å². The third-order valence-electron chi connectivity index (χ3n) is 6.53. The number of ether oxygens (including phenoxy) is 1. The molecule has 0 unspecified atom stereocenters. The van der Waals surface area contributed by atoms with Gasteiger partial charge in [-0.2, -0.15) is 10.4 Å². The van der Waals surface area contributed by atoms with E-state index in [0.29, 0.717) is 34.9 Å². The summed E-state index contributed by atoms with van der Waals surface area (Å²) in [6, 6.07) is 19.5. The third kappa shape index (κ3) is 6.18.